The molecule has 1 fully saturated rings. The van der Waals surface area contributed by atoms with Gasteiger partial charge in [0.2, 0.25) is 0 Å². The van der Waals surface area contributed by atoms with Crippen LogP contribution in [0.25, 0.3) is 0 Å². The molecule has 1 heterocycles. The molecule has 2 aromatic carbocycles. The van der Waals surface area contributed by atoms with E-state index >= 15 is 0 Å². The molecule has 1 aliphatic rings. The molecule has 0 aliphatic carbocycles. The van der Waals surface area contributed by atoms with E-state index in [1.165, 1.54) is 31.0 Å². The molecule has 0 atom stereocenters. The Morgan fingerprint density at radius 1 is 1.11 bits per heavy atom. The van der Waals surface area contributed by atoms with Crippen LogP contribution in [0, 0.1) is 0 Å². The van der Waals surface area contributed by atoms with Crippen molar-refractivity contribution in [1.82, 2.24) is 4.90 Å². The highest BCUT2D eigenvalue weighted by Gasteiger charge is 2.24. The van der Waals surface area contributed by atoms with Crippen LogP contribution in [0.2, 0.25) is 0 Å². The molecule has 1 amide bonds. The van der Waals surface area contributed by atoms with Crippen molar-refractivity contribution in [2.75, 3.05) is 31.2 Å². The molecule has 28 heavy (non-hydrogen) atoms. The standard InChI is InChI=1S/C20H24N2O4S2/c1-26-18-9-5-4-8-17(18)21-28(24,25)15-10-11-19(27-2)16(14-15)20(23)22-12-6-3-7-13-22/h4-5,8-11,14,21H,3,6-7,12-13H2,1-2H3. The summed E-state index contributed by atoms with van der Waals surface area (Å²) in [6.45, 7) is 1.42. The molecular weight excluding hydrogens is 396 g/mol. The van der Waals surface area contributed by atoms with Crippen molar-refractivity contribution >= 4 is 33.4 Å². The Balaban J connectivity index is 1.94. The zero-order chi connectivity index (χ0) is 20.1. The summed E-state index contributed by atoms with van der Waals surface area (Å²) in [5.74, 6) is 0.315. The number of piperidine rings is 1. The lowest BCUT2D eigenvalue weighted by atomic mass is 10.1. The summed E-state index contributed by atoms with van der Waals surface area (Å²) in [6, 6.07) is 11.5. The second-order valence-electron chi connectivity index (χ2n) is 6.52. The highest BCUT2D eigenvalue weighted by molar-refractivity contribution is 7.98. The largest absolute Gasteiger partial charge is 0.495 e. The number of methoxy groups -OCH3 is 1. The number of hydrogen-bond acceptors (Lipinski definition) is 5. The van der Waals surface area contributed by atoms with Gasteiger partial charge in [-0.2, -0.15) is 0 Å². The van der Waals surface area contributed by atoms with Crippen LogP contribution in [0.3, 0.4) is 0 Å². The lowest BCUT2D eigenvalue weighted by molar-refractivity contribution is 0.0720. The molecule has 1 saturated heterocycles. The first-order chi connectivity index (χ1) is 13.5. The van der Waals surface area contributed by atoms with E-state index in [4.69, 9.17) is 4.74 Å². The number of likely N-dealkylation sites (tertiary alicyclic amines) is 1. The summed E-state index contributed by atoms with van der Waals surface area (Å²) >= 11 is 1.43. The quantitative estimate of drug-likeness (QED) is 0.719. The molecule has 0 radical (unpaired) electrons. The van der Waals surface area contributed by atoms with E-state index in [0.29, 0.717) is 30.1 Å². The summed E-state index contributed by atoms with van der Waals surface area (Å²) < 4.78 is 33.6. The average Bonchev–Trinajstić information content (AvgIpc) is 2.73. The van der Waals surface area contributed by atoms with Crippen LogP contribution in [-0.2, 0) is 10.0 Å². The van der Waals surface area contributed by atoms with Gasteiger partial charge in [-0.15, -0.1) is 11.8 Å². The van der Waals surface area contributed by atoms with Crippen molar-refractivity contribution in [1.29, 1.82) is 0 Å². The molecule has 0 aromatic heterocycles. The molecule has 0 saturated carbocycles. The Bertz CT molecular complexity index is 954. The van der Waals surface area contributed by atoms with Crippen molar-refractivity contribution in [3.63, 3.8) is 0 Å². The summed E-state index contributed by atoms with van der Waals surface area (Å²) in [6.07, 6.45) is 4.96. The fraction of sp³-hybridized carbons (Fsp3) is 0.350. The minimum atomic E-state index is -3.87. The van der Waals surface area contributed by atoms with Crippen molar-refractivity contribution in [2.24, 2.45) is 0 Å². The zero-order valence-electron chi connectivity index (χ0n) is 16.0. The first kappa shape index (κ1) is 20.5. The number of sulfonamides is 1. The molecule has 0 spiro atoms. The molecule has 6 nitrogen and oxygen atoms in total. The number of carbonyl (C=O) groups is 1. The van der Waals surface area contributed by atoms with Crippen molar-refractivity contribution in [2.45, 2.75) is 29.1 Å². The van der Waals surface area contributed by atoms with Crippen molar-refractivity contribution < 1.29 is 17.9 Å². The summed E-state index contributed by atoms with van der Waals surface area (Å²) in [5, 5.41) is 0. The van der Waals surface area contributed by atoms with Gasteiger partial charge in [-0.05, 0) is 55.9 Å². The van der Waals surface area contributed by atoms with E-state index in [1.807, 2.05) is 11.2 Å². The van der Waals surface area contributed by atoms with Gasteiger partial charge in [0.15, 0.2) is 0 Å². The van der Waals surface area contributed by atoms with Crippen LogP contribution < -0.4 is 9.46 Å². The highest BCUT2D eigenvalue weighted by Crippen LogP contribution is 2.29. The Morgan fingerprint density at radius 2 is 1.82 bits per heavy atom. The molecule has 2 aromatic rings. The number of nitrogens with zero attached hydrogens (tertiary/aromatic N) is 1. The van der Waals surface area contributed by atoms with Gasteiger partial charge in [-0.1, -0.05) is 12.1 Å². The van der Waals surface area contributed by atoms with E-state index in [1.54, 1.807) is 30.3 Å². The van der Waals surface area contributed by atoms with Crippen LogP contribution in [0.4, 0.5) is 5.69 Å². The maximum Gasteiger partial charge on any atom is 0.262 e. The number of amides is 1. The molecule has 1 N–H and O–H groups in total. The van der Waals surface area contributed by atoms with Crippen LogP contribution in [0.1, 0.15) is 29.6 Å². The number of rotatable bonds is 6. The second kappa shape index (κ2) is 8.87. The lowest BCUT2D eigenvalue weighted by Gasteiger charge is -2.27. The maximum absolute atomic E-state index is 13.0. The fourth-order valence-electron chi connectivity index (χ4n) is 3.22. The lowest BCUT2D eigenvalue weighted by Crippen LogP contribution is -2.36. The predicted molar refractivity (Wildman–Crippen MR) is 112 cm³/mol. The van der Waals surface area contributed by atoms with Crippen LogP contribution in [0.5, 0.6) is 5.75 Å². The Kier molecular flexibility index (Phi) is 6.51. The van der Waals surface area contributed by atoms with Crippen LogP contribution in [0.15, 0.2) is 52.3 Å². The number of thioether (sulfide) groups is 1. The minimum Gasteiger partial charge on any atom is -0.495 e. The molecular formula is C20H24N2O4S2. The zero-order valence-corrected chi connectivity index (χ0v) is 17.6. The summed E-state index contributed by atoms with van der Waals surface area (Å²) in [5.41, 5.74) is 0.778. The molecule has 8 heteroatoms. The number of hydrogen-bond donors (Lipinski definition) is 1. The van der Waals surface area contributed by atoms with E-state index in [9.17, 15) is 13.2 Å². The number of para-hydroxylation sites is 2. The van der Waals surface area contributed by atoms with Gasteiger partial charge in [0.1, 0.15) is 5.75 Å². The Labute approximate surface area is 170 Å². The smallest absolute Gasteiger partial charge is 0.262 e. The van der Waals surface area contributed by atoms with E-state index in [2.05, 4.69) is 4.72 Å². The highest BCUT2D eigenvalue weighted by atomic mass is 32.2. The number of nitrogens with one attached hydrogen (secondary N) is 1. The predicted octanol–water partition coefficient (Wildman–Crippen LogP) is 3.84. The second-order valence-corrected chi connectivity index (χ2v) is 9.05. The molecule has 0 bridgehead atoms. The SMILES string of the molecule is COc1ccccc1NS(=O)(=O)c1ccc(SC)c(C(=O)N2CCCCC2)c1. The fourth-order valence-corrected chi connectivity index (χ4v) is 4.89. The molecule has 0 unspecified atom stereocenters. The summed E-state index contributed by atoms with van der Waals surface area (Å²) in [7, 11) is -2.39. The van der Waals surface area contributed by atoms with Gasteiger partial charge in [0.05, 0.1) is 23.3 Å². The number of anilines is 1. The first-order valence-electron chi connectivity index (χ1n) is 9.09. The van der Waals surface area contributed by atoms with Crippen LogP contribution in [-0.4, -0.2) is 45.7 Å². The van der Waals surface area contributed by atoms with Crippen molar-refractivity contribution in [3.05, 3.63) is 48.0 Å². The van der Waals surface area contributed by atoms with E-state index in [-0.39, 0.29) is 10.8 Å². The third-order valence-electron chi connectivity index (χ3n) is 4.71. The van der Waals surface area contributed by atoms with Crippen LogP contribution >= 0.6 is 11.8 Å². The third-order valence-corrected chi connectivity index (χ3v) is 6.87. The maximum atomic E-state index is 13.0. The monoisotopic (exact) mass is 420 g/mol. The topological polar surface area (TPSA) is 75.7 Å². The van der Waals surface area contributed by atoms with E-state index < -0.39 is 10.0 Å². The Morgan fingerprint density at radius 3 is 2.50 bits per heavy atom. The van der Waals surface area contributed by atoms with Gasteiger partial charge in [-0.25, -0.2) is 8.42 Å². The number of carbonyl (C=O) groups excluding carboxylic acids is 1. The average molecular weight is 421 g/mol. The van der Waals surface area contributed by atoms with Gasteiger partial charge < -0.3 is 9.64 Å². The van der Waals surface area contributed by atoms with E-state index in [0.717, 1.165) is 24.2 Å². The molecule has 150 valence electrons. The number of benzene rings is 2. The first-order valence-corrected chi connectivity index (χ1v) is 11.8. The third kappa shape index (κ3) is 4.44. The van der Waals surface area contributed by atoms with Gasteiger partial charge in [0.25, 0.3) is 15.9 Å². The van der Waals surface area contributed by atoms with Gasteiger partial charge in [-0.3, -0.25) is 9.52 Å². The molecule has 3 rings (SSSR count). The van der Waals surface area contributed by atoms with Gasteiger partial charge >= 0.3 is 0 Å². The minimum absolute atomic E-state index is 0.0524. The van der Waals surface area contributed by atoms with Crippen molar-refractivity contribution in [3.8, 4) is 5.75 Å². The van der Waals surface area contributed by atoms with Gasteiger partial charge in [0, 0.05) is 18.0 Å². The molecule has 1 aliphatic heterocycles. The number of ether oxygens (including phenoxy) is 1. The Hall–Kier alpha value is -2.19. The summed E-state index contributed by atoms with van der Waals surface area (Å²) in [4.78, 5) is 15.6. The normalized spacial score (nSPS) is 14.6.